The number of benzene rings is 3. The first-order chi connectivity index (χ1) is 16.5. The zero-order valence-corrected chi connectivity index (χ0v) is 20.2. The Morgan fingerprint density at radius 3 is 2.06 bits per heavy atom. The van der Waals surface area contributed by atoms with Crippen LogP contribution in [0.3, 0.4) is 0 Å². The molecule has 0 aliphatic heterocycles. The third kappa shape index (κ3) is 5.23. The van der Waals surface area contributed by atoms with Crippen LogP contribution in [0.25, 0.3) is 11.1 Å². The van der Waals surface area contributed by atoms with Crippen molar-refractivity contribution in [3.05, 3.63) is 83.4 Å². The molecule has 0 radical (unpaired) electrons. The summed E-state index contributed by atoms with van der Waals surface area (Å²) in [5.74, 6) is -0.732. The van der Waals surface area contributed by atoms with Crippen LogP contribution in [0.4, 0.5) is 10.5 Å². The zero-order valence-electron chi connectivity index (χ0n) is 20.2. The Hall–Kier alpha value is -3.62. The summed E-state index contributed by atoms with van der Waals surface area (Å²) in [5.41, 5.74) is 4.15. The lowest BCUT2D eigenvalue weighted by Gasteiger charge is -2.22. The van der Waals surface area contributed by atoms with Crippen molar-refractivity contribution < 1.29 is 29.1 Å². The standard InChI is InChI=1S/C27H28BNO6/c1-27(2,3)35-25(30)17-13-18(28(32)33)15-19(14-17)29(4)26(31)34-16-24-22-11-7-5-9-20(22)21-10-6-8-12-23(21)24/h5-15,24,32-33H,16H2,1-4H3. The number of ether oxygens (including phenoxy) is 2. The molecule has 1 aliphatic rings. The first-order valence-corrected chi connectivity index (χ1v) is 11.4. The van der Waals surface area contributed by atoms with E-state index in [4.69, 9.17) is 9.47 Å². The Bertz CT molecular complexity index is 1220. The van der Waals surface area contributed by atoms with Gasteiger partial charge in [-0.05, 0) is 66.7 Å². The number of fused-ring (bicyclic) bond motifs is 3. The average molecular weight is 473 g/mol. The number of amides is 1. The first-order valence-electron chi connectivity index (χ1n) is 11.4. The van der Waals surface area contributed by atoms with E-state index in [0.29, 0.717) is 0 Å². The number of anilines is 1. The van der Waals surface area contributed by atoms with Crippen molar-refractivity contribution in [3.63, 3.8) is 0 Å². The van der Waals surface area contributed by atoms with Crippen LogP contribution in [-0.2, 0) is 9.47 Å². The maximum atomic E-state index is 13.0. The Kier molecular flexibility index (Phi) is 6.69. The molecule has 7 nitrogen and oxygen atoms in total. The molecule has 8 heteroatoms. The second-order valence-electron chi connectivity index (χ2n) is 9.55. The van der Waals surface area contributed by atoms with Crippen molar-refractivity contribution in [1.29, 1.82) is 0 Å². The Balaban J connectivity index is 1.55. The van der Waals surface area contributed by atoms with Gasteiger partial charge in [0.1, 0.15) is 12.2 Å². The van der Waals surface area contributed by atoms with Crippen LogP contribution >= 0.6 is 0 Å². The topological polar surface area (TPSA) is 96.3 Å². The second-order valence-corrected chi connectivity index (χ2v) is 9.55. The van der Waals surface area contributed by atoms with Crippen LogP contribution in [0.5, 0.6) is 0 Å². The molecule has 3 aromatic rings. The molecular formula is C27H28BNO6. The maximum absolute atomic E-state index is 13.0. The number of hydrogen-bond acceptors (Lipinski definition) is 6. The van der Waals surface area contributed by atoms with Crippen LogP contribution < -0.4 is 10.4 Å². The highest BCUT2D eigenvalue weighted by atomic mass is 16.6. The lowest BCUT2D eigenvalue weighted by molar-refractivity contribution is 0.00695. The van der Waals surface area contributed by atoms with Gasteiger partial charge in [-0.3, -0.25) is 4.90 Å². The minimum atomic E-state index is -1.83. The van der Waals surface area contributed by atoms with E-state index in [1.165, 1.54) is 30.1 Å². The van der Waals surface area contributed by atoms with Gasteiger partial charge in [0.05, 0.1) is 5.56 Å². The number of nitrogens with zero attached hydrogens (tertiary/aromatic N) is 1. The molecule has 35 heavy (non-hydrogen) atoms. The van der Waals surface area contributed by atoms with Crippen molar-refractivity contribution >= 4 is 30.3 Å². The van der Waals surface area contributed by atoms with E-state index in [2.05, 4.69) is 12.1 Å². The molecule has 0 atom stereocenters. The number of carbonyl (C=O) groups is 2. The summed E-state index contributed by atoms with van der Waals surface area (Å²) in [6, 6.07) is 20.3. The Morgan fingerprint density at radius 2 is 1.51 bits per heavy atom. The van der Waals surface area contributed by atoms with E-state index in [9.17, 15) is 19.6 Å². The quantitative estimate of drug-likeness (QED) is 0.434. The number of hydrogen-bond donors (Lipinski definition) is 2. The molecule has 0 aromatic heterocycles. The molecule has 0 heterocycles. The van der Waals surface area contributed by atoms with E-state index in [1.54, 1.807) is 20.8 Å². The first kappa shape index (κ1) is 24.5. The summed E-state index contributed by atoms with van der Waals surface area (Å²) in [5, 5.41) is 19.4. The highest BCUT2D eigenvalue weighted by molar-refractivity contribution is 6.58. The van der Waals surface area contributed by atoms with Crippen LogP contribution in [0.2, 0.25) is 0 Å². The van der Waals surface area contributed by atoms with Crippen molar-refractivity contribution in [2.24, 2.45) is 0 Å². The van der Waals surface area contributed by atoms with E-state index in [0.717, 1.165) is 22.3 Å². The zero-order chi connectivity index (χ0) is 25.3. The largest absolute Gasteiger partial charge is 0.488 e. The fourth-order valence-corrected chi connectivity index (χ4v) is 4.23. The minimum Gasteiger partial charge on any atom is -0.456 e. The summed E-state index contributed by atoms with van der Waals surface area (Å²) >= 11 is 0. The summed E-state index contributed by atoms with van der Waals surface area (Å²) < 4.78 is 11.1. The van der Waals surface area contributed by atoms with Gasteiger partial charge in [0.15, 0.2) is 0 Å². The van der Waals surface area contributed by atoms with Gasteiger partial charge in [0.2, 0.25) is 0 Å². The Labute approximate surface area is 205 Å². The molecule has 0 unspecified atom stereocenters. The van der Waals surface area contributed by atoms with Crippen LogP contribution in [-0.4, -0.2) is 48.5 Å². The van der Waals surface area contributed by atoms with Gasteiger partial charge in [0, 0.05) is 18.7 Å². The van der Waals surface area contributed by atoms with E-state index in [1.807, 2.05) is 36.4 Å². The number of rotatable bonds is 5. The van der Waals surface area contributed by atoms with E-state index >= 15 is 0 Å². The molecule has 180 valence electrons. The summed E-state index contributed by atoms with van der Waals surface area (Å²) in [4.78, 5) is 26.8. The fourth-order valence-electron chi connectivity index (χ4n) is 4.23. The highest BCUT2D eigenvalue weighted by Crippen LogP contribution is 2.44. The summed E-state index contributed by atoms with van der Waals surface area (Å²) in [7, 11) is -0.326. The van der Waals surface area contributed by atoms with Gasteiger partial charge < -0.3 is 19.5 Å². The Morgan fingerprint density at radius 1 is 0.943 bits per heavy atom. The summed E-state index contributed by atoms with van der Waals surface area (Å²) in [6.07, 6.45) is -0.633. The predicted molar refractivity (Wildman–Crippen MR) is 135 cm³/mol. The third-order valence-electron chi connectivity index (χ3n) is 5.87. The molecule has 2 N–H and O–H groups in total. The van der Waals surface area contributed by atoms with Crippen molar-refractivity contribution in [3.8, 4) is 11.1 Å². The van der Waals surface area contributed by atoms with Gasteiger partial charge in [0.25, 0.3) is 0 Å². The molecule has 3 aromatic carbocycles. The van der Waals surface area contributed by atoms with Gasteiger partial charge >= 0.3 is 19.2 Å². The number of esters is 1. The molecule has 0 fully saturated rings. The monoisotopic (exact) mass is 473 g/mol. The molecule has 4 rings (SSSR count). The van der Waals surface area contributed by atoms with Crippen LogP contribution in [0.1, 0.15) is 48.2 Å². The molecule has 0 saturated heterocycles. The SMILES string of the molecule is CN(C(=O)OCC1c2ccccc2-c2ccccc21)c1cc(B(O)O)cc(C(=O)OC(C)(C)C)c1. The summed E-state index contributed by atoms with van der Waals surface area (Å²) in [6.45, 7) is 5.34. The van der Waals surface area contributed by atoms with Gasteiger partial charge in [-0.15, -0.1) is 0 Å². The lowest BCUT2D eigenvalue weighted by atomic mass is 9.79. The van der Waals surface area contributed by atoms with Crippen LogP contribution in [0.15, 0.2) is 66.7 Å². The lowest BCUT2D eigenvalue weighted by Crippen LogP contribution is -2.34. The maximum Gasteiger partial charge on any atom is 0.488 e. The van der Waals surface area contributed by atoms with Gasteiger partial charge in [-0.1, -0.05) is 48.5 Å². The second kappa shape index (κ2) is 9.56. The molecule has 0 saturated carbocycles. The van der Waals surface area contributed by atoms with Crippen molar-refractivity contribution in [2.75, 3.05) is 18.6 Å². The molecule has 1 amide bonds. The van der Waals surface area contributed by atoms with E-state index in [-0.39, 0.29) is 29.2 Å². The van der Waals surface area contributed by atoms with Gasteiger partial charge in [-0.25, -0.2) is 9.59 Å². The normalized spacial score (nSPS) is 12.5. The molecular weight excluding hydrogens is 445 g/mol. The van der Waals surface area contributed by atoms with Gasteiger partial charge in [-0.2, -0.15) is 0 Å². The molecule has 0 spiro atoms. The smallest absolute Gasteiger partial charge is 0.456 e. The van der Waals surface area contributed by atoms with Crippen molar-refractivity contribution in [1.82, 2.24) is 0 Å². The van der Waals surface area contributed by atoms with Crippen molar-refractivity contribution in [2.45, 2.75) is 32.3 Å². The predicted octanol–water partition coefficient (Wildman–Crippen LogP) is 3.71. The molecule has 0 bridgehead atoms. The fraction of sp³-hybridized carbons (Fsp3) is 0.259. The highest BCUT2D eigenvalue weighted by Gasteiger charge is 2.30. The minimum absolute atomic E-state index is 0.0571. The van der Waals surface area contributed by atoms with Crippen LogP contribution in [0, 0.1) is 0 Å². The number of carbonyl (C=O) groups excluding carboxylic acids is 2. The molecule has 1 aliphatic carbocycles. The van der Waals surface area contributed by atoms with E-state index < -0.39 is 24.8 Å². The third-order valence-corrected chi connectivity index (χ3v) is 5.87. The average Bonchev–Trinajstić information content (AvgIpc) is 3.14.